The number of carboxylic acid groups (broad SMARTS) is 1. The average molecular weight is 335 g/mol. The molecular weight excluding hydrogens is 318 g/mol. The molecule has 122 valence electrons. The second kappa shape index (κ2) is 6.76. The summed E-state index contributed by atoms with van der Waals surface area (Å²) in [5.41, 5.74) is 0.443. The molecule has 0 bridgehead atoms. The van der Waals surface area contributed by atoms with Crippen molar-refractivity contribution in [3.05, 3.63) is 35.3 Å². The van der Waals surface area contributed by atoms with Gasteiger partial charge >= 0.3 is 12.0 Å². The number of aliphatic carboxylic acids is 1. The molecule has 2 amide bonds. The number of benzene rings is 1. The quantitative estimate of drug-likeness (QED) is 0.668. The molecule has 1 unspecified atom stereocenters. The third-order valence-electron chi connectivity index (χ3n) is 3.06. The van der Waals surface area contributed by atoms with Crippen molar-refractivity contribution < 1.29 is 19.8 Å². The molecule has 23 heavy (non-hydrogen) atoms. The molecule has 8 heteroatoms. The van der Waals surface area contributed by atoms with E-state index in [0.29, 0.717) is 5.69 Å². The van der Waals surface area contributed by atoms with Crippen molar-refractivity contribution in [2.45, 2.75) is 19.4 Å². The summed E-state index contributed by atoms with van der Waals surface area (Å²) >= 11 is 1.54. The number of rotatable bonds is 5. The van der Waals surface area contributed by atoms with Crippen molar-refractivity contribution in [2.75, 3.05) is 11.9 Å². The summed E-state index contributed by atoms with van der Waals surface area (Å²) in [5.74, 6) is -1.40. The average Bonchev–Trinajstić information content (AvgIpc) is 2.92. The van der Waals surface area contributed by atoms with Crippen molar-refractivity contribution >= 4 is 29.0 Å². The number of urea groups is 1. The van der Waals surface area contributed by atoms with Gasteiger partial charge in [-0.25, -0.2) is 14.6 Å². The SMILES string of the molecule is Cc1csc(-c2ccc(NC(=O)NCC(C)(O)C(=O)O)cc2)n1. The zero-order valence-electron chi connectivity index (χ0n) is 12.7. The number of aromatic nitrogens is 1. The Kier molecular flexibility index (Phi) is 4.97. The molecule has 0 aliphatic heterocycles. The van der Waals surface area contributed by atoms with E-state index in [-0.39, 0.29) is 0 Å². The third-order valence-corrected chi connectivity index (χ3v) is 4.07. The number of carbonyl (C=O) groups excluding carboxylic acids is 1. The van der Waals surface area contributed by atoms with E-state index in [1.807, 2.05) is 24.4 Å². The molecule has 7 nitrogen and oxygen atoms in total. The molecular formula is C15H17N3O4S. The minimum Gasteiger partial charge on any atom is -0.479 e. The monoisotopic (exact) mass is 335 g/mol. The molecule has 0 fully saturated rings. The van der Waals surface area contributed by atoms with Gasteiger partial charge in [-0.3, -0.25) is 0 Å². The van der Waals surface area contributed by atoms with Crippen LogP contribution in [0.15, 0.2) is 29.6 Å². The summed E-state index contributed by atoms with van der Waals surface area (Å²) < 4.78 is 0. The lowest BCUT2D eigenvalue weighted by Crippen LogP contribution is -2.47. The number of hydrogen-bond acceptors (Lipinski definition) is 5. The standard InChI is InChI=1S/C15H17N3O4S/c1-9-7-23-12(17-9)10-3-5-11(6-4-10)18-14(21)16-8-15(2,22)13(19)20/h3-7,22H,8H2,1-2H3,(H,19,20)(H2,16,18,21). The van der Waals surface area contributed by atoms with Crippen LogP contribution >= 0.6 is 11.3 Å². The maximum absolute atomic E-state index is 11.7. The second-order valence-electron chi connectivity index (χ2n) is 5.26. The van der Waals surface area contributed by atoms with E-state index in [1.165, 1.54) is 0 Å². The molecule has 1 aromatic carbocycles. The Bertz CT molecular complexity index is 710. The van der Waals surface area contributed by atoms with E-state index in [2.05, 4.69) is 15.6 Å². The summed E-state index contributed by atoms with van der Waals surface area (Å²) in [6.07, 6.45) is 0. The topological polar surface area (TPSA) is 112 Å². The second-order valence-corrected chi connectivity index (χ2v) is 6.12. The Morgan fingerprint density at radius 2 is 1.96 bits per heavy atom. The lowest BCUT2D eigenvalue weighted by Gasteiger charge is -2.18. The predicted octanol–water partition coefficient (Wildman–Crippen LogP) is 2.08. The van der Waals surface area contributed by atoms with Gasteiger partial charge in [-0.2, -0.15) is 0 Å². The summed E-state index contributed by atoms with van der Waals surface area (Å²) in [6.45, 7) is 2.64. The molecule has 1 atom stereocenters. The van der Waals surface area contributed by atoms with Crippen LogP contribution in [0.4, 0.5) is 10.5 Å². The number of carbonyl (C=O) groups is 2. The fourth-order valence-corrected chi connectivity index (χ4v) is 2.49. The van der Waals surface area contributed by atoms with Crippen LogP contribution in [0.2, 0.25) is 0 Å². The van der Waals surface area contributed by atoms with E-state index >= 15 is 0 Å². The van der Waals surface area contributed by atoms with E-state index < -0.39 is 24.1 Å². The molecule has 0 aliphatic rings. The van der Waals surface area contributed by atoms with Gasteiger partial charge in [0, 0.05) is 22.3 Å². The van der Waals surface area contributed by atoms with Gasteiger partial charge in [0.1, 0.15) is 5.01 Å². The Morgan fingerprint density at radius 3 is 2.48 bits per heavy atom. The van der Waals surface area contributed by atoms with Gasteiger partial charge in [0.05, 0.1) is 6.54 Å². The van der Waals surface area contributed by atoms with Gasteiger partial charge in [0.15, 0.2) is 5.60 Å². The van der Waals surface area contributed by atoms with Crippen molar-refractivity contribution in [3.8, 4) is 10.6 Å². The van der Waals surface area contributed by atoms with Gasteiger partial charge in [0.2, 0.25) is 0 Å². The van der Waals surface area contributed by atoms with E-state index in [9.17, 15) is 14.7 Å². The van der Waals surface area contributed by atoms with Crippen molar-refractivity contribution in [2.24, 2.45) is 0 Å². The van der Waals surface area contributed by atoms with Gasteiger partial charge in [-0.1, -0.05) is 0 Å². The molecule has 1 heterocycles. The van der Waals surface area contributed by atoms with Gasteiger partial charge in [-0.15, -0.1) is 11.3 Å². The zero-order chi connectivity index (χ0) is 17.0. The number of hydrogen-bond donors (Lipinski definition) is 4. The van der Waals surface area contributed by atoms with Crippen LogP contribution in [0.1, 0.15) is 12.6 Å². The maximum Gasteiger partial charge on any atom is 0.337 e. The number of carboxylic acids is 1. The molecule has 0 spiro atoms. The molecule has 2 rings (SSSR count). The molecule has 0 saturated heterocycles. The van der Waals surface area contributed by atoms with Crippen LogP contribution in [0.3, 0.4) is 0 Å². The Balaban J connectivity index is 1.93. The zero-order valence-corrected chi connectivity index (χ0v) is 13.5. The van der Waals surface area contributed by atoms with Crippen LogP contribution in [0, 0.1) is 6.92 Å². The van der Waals surface area contributed by atoms with E-state index in [0.717, 1.165) is 23.2 Å². The highest BCUT2D eigenvalue weighted by atomic mass is 32.1. The Labute approximate surface area is 137 Å². The van der Waals surface area contributed by atoms with Crippen molar-refractivity contribution in [1.29, 1.82) is 0 Å². The smallest absolute Gasteiger partial charge is 0.337 e. The predicted molar refractivity (Wildman–Crippen MR) is 87.6 cm³/mol. The summed E-state index contributed by atoms with van der Waals surface area (Å²) in [7, 11) is 0. The van der Waals surface area contributed by atoms with E-state index in [1.54, 1.807) is 23.5 Å². The van der Waals surface area contributed by atoms with Crippen LogP contribution in [0.5, 0.6) is 0 Å². The van der Waals surface area contributed by atoms with Crippen molar-refractivity contribution in [1.82, 2.24) is 10.3 Å². The number of aliphatic hydroxyl groups is 1. The number of aryl methyl sites for hydroxylation is 1. The molecule has 0 saturated carbocycles. The number of amides is 2. The highest BCUT2D eigenvalue weighted by molar-refractivity contribution is 7.13. The molecule has 4 N–H and O–H groups in total. The fourth-order valence-electron chi connectivity index (χ4n) is 1.69. The first kappa shape index (κ1) is 16.9. The minimum absolute atomic E-state index is 0.398. The maximum atomic E-state index is 11.7. The first-order chi connectivity index (χ1) is 10.8. The number of thiazole rings is 1. The third kappa shape index (κ3) is 4.51. The fraction of sp³-hybridized carbons (Fsp3) is 0.267. The van der Waals surface area contributed by atoms with Gasteiger partial charge in [0.25, 0.3) is 0 Å². The number of nitrogens with zero attached hydrogens (tertiary/aromatic N) is 1. The first-order valence-corrected chi connectivity index (χ1v) is 7.69. The first-order valence-electron chi connectivity index (χ1n) is 6.81. The summed E-state index contributed by atoms with van der Waals surface area (Å²) in [5, 5.41) is 26.0. The molecule has 2 aromatic rings. The highest BCUT2D eigenvalue weighted by Crippen LogP contribution is 2.24. The molecule has 0 aliphatic carbocycles. The van der Waals surface area contributed by atoms with Crippen LogP contribution in [-0.2, 0) is 4.79 Å². The Hall–Kier alpha value is -2.45. The lowest BCUT2D eigenvalue weighted by atomic mass is 10.1. The van der Waals surface area contributed by atoms with Crippen LogP contribution in [0.25, 0.3) is 10.6 Å². The summed E-state index contributed by atoms with van der Waals surface area (Å²) in [6, 6.07) is 6.52. The van der Waals surface area contributed by atoms with E-state index in [4.69, 9.17) is 5.11 Å². The normalized spacial score (nSPS) is 13.2. The van der Waals surface area contributed by atoms with Gasteiger partial charge < -0.3 is 20.8 Å². The van der Waals surface area contributed by atoms with Crippen LogP contribution < -0.4 is 10.6 Å². The van der Waals surface area contributed by atoms with Crippen molar-refractivity contribution in [3.63, 3.8) is 0 Å². The molecule has 1 aromatic heterocycles. The van der Waals surface area contributed by atoms with Crippen LogP contribution in [-0.4, -0.2) is 39.3 Å². The number of anilines is 1. The Morgan fingerprint density at radius 1 is 1.30 bits per heavy atom. The summed E-state index contributed by atoms with van der Waals surface area (Å²) in [4.78, 5) is 26.8. The van der Waals surface area contributed by atoms with Gasteiger partial charge in [-0.05, 0) is 38.1 Å². The number of nitrogens with one attached hydrogen (secondary N) is 2. The molecule has 0 radical (unpaired) electrons. The minimum atomic E-state index is -2.01. The largest absolute Gasteiger partial charge is 0.479 e. The highest BCUT2D eigenvalue weighted by Gasteiger charge is 2.30. The lowest BCUT2D eigenvalue weighted by molar-refractivity contribution is -0.155.